The van der Waals surface area contributed by atoms with Gasteiger partial charge in [-0.2, -0.15) is 0 Å². The van der Waals surface area contributed by atoms with Gasteiger partial charge in [0.25, 0.3) is 0 Å². The molecule has 2 unspecified atom stereocenters. The predicted octanol–water partition coefficient (Wildman–Crippen LogP) is 0.916. The van der Waals surface area contributed by atoms with Crippen LogP contribution < -0.4 is 5.32 Å². The van der Waals surface area contributed by atoms with Crippen LogP contribution in [0.5, 0.6) is 0 Å². The summed E-state index contributed by atoms with van der Waals surface area (Å²) in [5.41, 5.74) is 0. The minimum Gasteiger partial charge on any atom is -0.338 e. The fraction of sp³-hybridized carbons (Fsp3) is 0.900. The van der Waals surface area contributed by atoms with Gasteiger partial charge in [-0.1, -0.05) is 0 Å². The van der Waals surface area contributed by atoms with Gasteiger partial charge in [0.1, 0.15) is 0 Å². The number of carbonyl (C=O) groups excluding carboxylic acids is 1. The van der Waals surface area contributed by atoms with E-state index in [1.165, 1.54) is 12.8 Å². The summed E-state index contributed by atoms with van der Waals surface area (Å²) in [7, 11) is 2.18. The lowest BCUT2D eigenvalue weighted by Gasteiger charge is -2.38. The second kappa shape index (κ2) is 5.03. The molecule has 2 aliphatic heterocycles. The molecule has 0 spiro atoms. The number of halogens is 1. The highest BCUT2D eigenvalue weighted by atomic mass is 35.5. The molecule has 2 atom stereocenters. The Hall–Kier alpha value is -0.480. The summed E-state index contributed by atoms with van der Waals surface area (Å²) in [6, 6.07) is 1.30. The molecule has 4 nitrogen and oxygen atoms in total. The number of rotatable bonds is 1. The zero-order valence-corrected chi connectivity index (χ0v) is 10.2. The third-order valence-corrected chi connectivity index (χ3v) is 3.46. The highest BCUT2D eigenvalue weighted by Gasteiger charge is 2.38. The summed E-state index contributed by atoms with van der Waals surface area (Å²) in [5, 5.41) is 2.87. The monoisotopic (exact) mass is 233 g/mol. The number of nitrogens with one attached hydrogen (secondary N) is 1. The minimum atomic E-state index is 0. The molecule has 5 heteroatoms. The number of likely N-dealkylation sites (N-methyl/N-ethyl adjacent to an activating group) is 1. The van der Waals surface area contributed by atoms with Gasteiger partial charge < -0.3 is 10.2 Å². The first kappa shape index (κ1) is 12.6. The van der Waals surface area contributed by atoms with Crippen molar-refractivity contribution in [2.45, 2.75) is 31.8 Å². The number of hydrogen-bond acceptors (Lipinski definition) is 2. The molecule has 2 heterocycles. The van der Waals surface area contributed by atoms with E-state index in [1.54, 1.807) is 0 Å². The number of fused-ring (bicyclic) bond motifs is 2. The minimum absolute atomic E-state index is 0. The first-order valence-electron chi connectivity index (χ1n) is 5.47. The van der Waals surface area contributed by atoms with Crippen LogP contribution in [0.4, 0.5) is 4.79 Å². The number of urea groups is 1. The Kier molecular flexibility index (Phi) is 4.22. The summed E-state index contributed by atoms with van der Waals surface area (Å²) in [6.07, 6.45) is 2.49. The lowest BCUT2D eigenvalue weighted by Crippen LogP contribution is -2.55. The number of nitrogens with zero attached hydrogens (tertiary/aromatic N) is 2. The Bertz CT molecular complexity index is 223. The average molecular weight is 234 g/mol. The van der Waals surface area contributed by atoms with E-state index in [0.29, 0.717) is 12.1 Å². The number of piperazine rings is 1. The number of carbonyl (C=O) groups is 1. The molecule has 1 N–H and O–H groups in total. The highest BCUT2D eigenvalue weighted by molar-refractivity contribution is 5.85. The first-order chi connectivity index (χ1) is 6.72. The van der Waals surface area contributed by atoms with E-state index in [-0.39, 0.29) is 18.4 Å². The number of hydrogen-bond donors (Lipinski definition) is 1. The molecule has 88 valence electrons. The maximum atomic E-state index is 11.6. The maximum absolute atomic E-state index is 11.6. The lowest BCUT2D eigenvalue weighted by molar-refractivity contribution is 0.104. The van der Waals surface area contributed by atoms with Crippen molar-refractivity contribution in [2.75, 3.05) is 26.7 Å². The van der Waals surface area contributed by atoms with Crippen molar-refractivity contribution in [1.29, 1.82) is 0 Å². The molecule has 0 aliphatic carbocycles. The largest absolute Gasteiger partial charge is 0.338 e. The van der Waals surface area contributed by atoms with Crippen molar-refractivity contribution in [2.24, 2.45) is 0 Å². The van der Waals surface area contributed by atoms with Gasteiger partial charge in [0, 0.05) is 31.7 Å². The molecule has 15 heavy (non-hydrogen) atoms. The molecule has 2 bridgehead atoms. The summed E-state index contributed by atoms with van der Waals surface area (Å²) in [6.45, 7) is 4.49. The Balaban J connectivity index is 0.00000112. The van der Waals surface area contributed by atoms with E-state index in [0.717, 1.165) is 19.6 Å². The molecule has 0 aromatic carbocycles. The topological polar surface area (TPSA) is 35.6 Å². The molecular weight excluding hydrogens is 214 g/mol. The maximum Gasteiger partial charge on any atom is 0.317 e. The average Bonchev–Trinajstić information content (AvgIpc) is 2.42. The molecule has 0 saturated carbocycles. The zero-order chi connectivity index (χ0) is 10.1. The van der Waals surface area contributed by atoms with Crippen LogP contribution in [0.3, 0.4) is 0 Å². The highest BCUT2D eigenvalue weighted by Crippen LogP contribution is 2.28. The summed E-state index contributed by atoms with van der Waals surface area (Å²) in [5.74, 6) is 0. The van der Waals surface area contributed by atoms with E-state index >= 15 is 0 Å². The van der Waals surface area contributed by atoms with Crippen LogP contribution in [0, 0.1) is 0 Å². The van der Waals surface area contributed by atoms with E-state index < -0.39 is 0 Å². The van der Waals surface area contributed by atoms with E-state index in [4.69, 9.17) is 0 Å². The molecule has 0 aromatic rings. The second-order valence-corrected chi connectivity index (χ2v) is 4.29. The fourth-order valence-corrected chi connectivity index (χ4v) is 2.54. The lowest BCUT2D eigenvalue weighted by atomic mass is 10.2. The van der Waals surface area contributed by atoms with Crippen molar-refractivity contribution in [3.63, 3.8) is 0 Å². The van der Waals surface area contributed by atoms with E-state index in [2.05, 4.69) is 17.3 Å². The molecule has 2 aliphatic rings. The van der Waals surface area contributed by atoms with Gasteiger partial charge in [-0.05, 0) is 26.8 Å². The standard InChI is InChI=1S/C10H19N3O.ClH/c1-3-11-10(14)13-6-8-4-5-9(7-13)12(8)2;/h8-9H,3-7H2,1-2H3,(H,11,14);1H. The normalized spacial score (nSPS) is 29.9. The SMILES string of the molecule is CCNC(=O)N1CC2CCC(C1)N2C.Cl. The van der Waals surface area contributed by atoms with Crippen molar-refractivity contribution >= 4 is 18.4 Å². The zero-order valence-electron chi connectivity index (χ0n) is 9.40. The van der Waals surface area contributed by atoms with Crippen LogP contribution in [-0.4, -0.2) is 54.6 Å². The van der Waals surface area contributed by atoms with Gasteiger partial charge >= 0.3 is 6.03 Å². The predicted molar refractivity (Wildman–Crippen MR) is 62.5 cm³/mol. The summed E-state index contributed by atoms with van der Waals surface area (Å²) in [4.78, 5) is 16.0. The van der Waals surface area contributed by atoms with Gasteiger partial charge in [0.2, 0.25) is 0 Å². The Morgan fingerprint density at radius 2 is 1.87 bits per heavy atom. The van der Waals surface area contributed by atoms with Crippen molar-refractivity contribution in [3.8, 4) is 0 Å². The molecule has 0 radical (unpaired) electrons. The molecule has 2 amide bonds. The van der Waals surface area contributed by atoms with Crippen LogP contribution in [0.25, 0.3) is 0 Å². The van der Waals surface area contributed by atoms with Gasteiger partial charge in [0.05, 0.1) is 0 Å². The van der Waals surface area contributed by atoms with Gasteiger partial charge in [-0.25, -0.2) is 4.79 Å². The Labute approximate surface area is 97.4 Å². The van der Waals surface area contributed by atoms with Crippen LogP contribution in [0.1, 0.15) is 19.8 Å². The summed E-state index contributed by atoms with van der Waals surface area (Å²) >= 11 is 0. The van der Waals surface area contributed by atoms with E-state index in [1.807, 2.05) is 11.8 Å². The summed E-state index contributed by atoms with van der Waals surface area (Å²) < 4.78 is 0. The molecular formula is C10H20ClN3O. The number of amides is 2. The fourth-order valence-electron chi connectivity index (χ4n) is 2.54. The smallest absolute Gasteiger partial charge is 0.317 e. The van der Waals surface area contributed by atoms with Crippen LogP contribution in [-0.2, 0) is 0 Å². The van der Waals surface area contributed by atoms with Crippen molar-refractivity contribution in [3.05, 3.63) is 0 Å². The Morgan fingerprint density at radius 1 is 1.33 bits per heavy atom. The van der Waals surface area contributed by atoms with Crippen LogP contribution >= 0.6 is 12.4 Å². The Morgan fingerprint density at radius 3 is 2.33 bits per heavy atom. The quantitative estimate of drug-likeness (QED) is 0.731. The van der Waals surface area contributed by atoms with Crippen LogP contribution in [0.2, 0.25) is 0 Å². The molecule has 2 saturated heterocycles. The van der Waals surface area contributed by atoms with Gasteiger partial charge in [0.15, 0.2) is 0 Å². The van der Waals surface area contributed by atoms with Crippen LogP contribution in [0.15, 0.2) is 0 Å². The van der Waals surface area contributed by atoms with Gasteiger partial charge in [-0.3, -0.25) is 4.90 Å². The van der Waals surface area contributed by atoms with Crippen molar-refractivity contribution < 1.29 is 4.79 Å². The molecule has 2 fully saturated rings. The second-order valence-electron chi connectivity index (χ2n) is 4.29. The third-order valence-electron chi connectivity index (χ3n) is 3.46. The van der Waals surface area contributed by atoms with Crippen molar-refractivity contribution in [1.82, 2.24) is 15.1 Å². The first-order valence-corrected chi connectivity index (χ1v) is 5.47. The van der Waals surface area contributed by atoms with Gasteiger partial charge in [-0.15, -0.1) is 12.4 Å². The number of likely N-dealkylation sites (tertiary alicyclic amines) is 1. The van der Waals surface area contributed by atoms with E-state index in [9.17, 15) is 4.79 Å². The third kappa shape index (κ3) is 2.37. The molecule has 0 aromatic heterocycles. The molecule has 2 rings (SSSR count).